The third kappa shape index (κ3) is 3.95. The highest BCUT2D eigenvalue weighted by Gasteiger charge is 2.61. The van der Waals surface area contributed by atoms with Gasteiger partial charge in [0.1, 0.15) is 0 Å². The van der Waals surface area contributed by atoms with Gasteiger partial charge in [0.2, 0.25) is 0 Å². The molecule has 0 aliphatic heterocycles. The van der Waals surface area contributed by atoms with E-state index in [-0.39, 0.29) is 0 Å². The third-order valence-electron chi connectivity index (χ3n) is 10.8. The summed E-state index contributed by atoms with van der Waals surface area (Å²) < 4.78 is 0. The van der Waals surface area contributed by atoms with Crippen LogP contribution < -0.4 is 0 Å². The maximum absolute atomic E-state index is 4.13. The molecular weight excluding hydrogens is 484 g/mol. The Labute approximate surface area is 198 Å². The monoisotopic (exact) mass is 528 g/mol. The largest absolute Gasteiger partial charge is 0.0878 e. The van der Waals surface area contributed by atoms with E-state index in [4.69, 9.17) is 0 Å². The van der Waals surface area contributed by atoms with Crippen molar-refractivity contribution in [3.8, 4) is 0 Å². The van der Waals surface area contributed by atoms with Crippen LogP contribution in [0.1, 0.15) is 105 Å². The molecule has 4 aliphatic carbocycles. The Kier molecular flexibility index (Phi) is 6.95. The smallest absolute Gasteiger partial charge is 0.0304 e. The highest BCUT2D eigenvalue weighted by molar-refractivity contribution is 9.12. The van der Waals surface area contributed by atoms with Crippen LogP contribution in [0.4, 0.5) is 0 Å². The zero-order valence-electron chi connectivity index (χ0n) is 19.7. The predicted octanol–water partition coefficient (Wildman–Crippen LogP) is 9.24. The maximum Gasteiger partial charge on any atom is 0.0304 e. The van der Waals surface area contributed by atoms with E-state index in [1.54, 1.807) is 0 Å². The van der Waals surface area contributed by atoms with Crippen LogP contribution >= 0.6 is 31.9 Å². The average molecular weight is 530 g/mol. The van der Waals surface area contributed by atoms with Crippen molar-refractivity contribution in [1.82, 2.24) is 0 Å². The fourth-order valence-corrected chi connectivity index (χ4v) is 11.0. The van der Waals surface area contributed by atoms with E-state index in [9.17, 15) is 0 Å². The Morgan fingerprint density at radius 1 is 0.759 bits per heavy atom. The van der Waals surface area contributed by atoms with E-state index in [2.05, 4.69) is 66.5 Å². The molecule has 168 valence electrons. The minimum Gasteiger partial charge on any atom is -0.0878 e. The summed E-state index contributed by atoms with van der Waals surface area (Å²) >= 11 is 8.12. The molecule has 0 aromatic heterocycles. The maximum atomic E-state index is 4.13. The lowest BCUT2D eigenvalue weighted by molar-refractivity contribution is -0.111. The Morgan fingerprint density at radius 3 is 2.14 bits per heavy atom. The van der Waals surface area contributed by atoms with Gasteiger partial charge in [0.05, 0.1) is 0 Å². The molecule has 4 rings (SSSR count). The van der Waals surface area contributed by atoms with Crippen molar-refractivity contribution >= 4 is 31.9 Å². The first kappa shape index (κ1) is 23.1. The van der Waals surface area contributed by atoms with Crippen molar-refractivity contribution in [3.05, 3.63) is 0 Å². The first-order chi connectivity index (χ1) is 13.7. The number of hydrogen-bond acceptors (Lipinski definition) is 0. The molecule has 29 heavy (non-hydrogen) atoms. The van der Waals surface area contributed by atoms with Gasteiger partial charge in [-0.15, -0.1) is 0 Å². The lowest BCUT2D eigenvalue weighted by Gasteiger charge is -2.62. The van der Waals surface area contributed by atoms with Crippen molar-refractivity contribution in [1.29, 1.82) is 0 Å². The number of rotatable bonds is 5. The molecule has 2 heteroatoms. The standard InChI is InChI=1S/C27H46Br2/c1-17(2)7-6-8-18(3)20-11-12-21-19-9-10-23-25(29)24(28)14-16-27(23,5)22(19)13-15-26(20,21)4/h17-25H,6-16H2,1-5H3/t18-,19+,20+,21-,22-,23+,24-,25+,26+,27-/m1/s1. The molecule has 4 fully saturated rings. The molecule has 4 aliphatic rings. The topological polar surface area (TPSA) is 0 Å². The van der Waals surface area contributed by atoms with Crippen molar-refractivity contribution in [3.63, 3.8) is 0 Å². The van der Waals surface area contributed by atoms with Crippen LogP contribution in [-0.4, -0.2) is 9.65 Å². The van der Waals surface area contributed by atoms with Crippen molar-refractivity contribution in [2.75, 3.05) is 0 Å². The van der Waals surface area contributed by atoms with Gasteiger partial charge in [-0.05, 0) is 104 Å². The van der Waals surface area contributed by atoms with Gasteiger partial charge >= 0.3 is 0 Å². The number of fused-ring (bicyclic) bond motifs is 5. The zero-order valence-corrected chi connectivity index (χ0v) is 22.9. The Balaban J connectivity index is 1.48. The van der Waals surface area contributed by atoms with Crippen molar-refractivity contribution in [2.45, 2.75) is 115 Å². The molecule has 0 heterocycles. The lowest BCUT2D eigenvalue weighted by atomic mass is 9.44. The van der Waals surface area contributed by atoms with E-state index in [0.717, 1.165) is 41.4 Å². The number of hydrogen-bond donors (Lipinski definition) is 0. The van der Waals surface area contributed by atoms with Crippen LogP contribution in [0, 0.1) is 52.3 Å². The van der Waals surface area contributed by atoms with Crippen LogP contribution in [0.15, 0.2) is 0 Å². The normalized spacial score (nSPS) is 50.7. The third-order valence-corrected chi connectivity index (χ3v) is 13.8. The second kappa shape index (κ2) is 8.72. The van der Waals surface area contributed by atoms with Gasteiger partial charge in [-0.1, -0.05) is 85.7 Å². The SMILES string of the molecule is CC(C)CCC[C@@H](C)[C@@H]1CC[C@@H]2[C@@H]3CC[C@H]4[C@H](Br)[C@H](Br)CC[C@]4(C)[C@@H]3CC[C@]21C. The fraction of sp³-hybridized carbons (Fsp3) is 1.00. The quantitative estimate of drug-likeness (QED) is 0.311. The predicted molar refractivity (Wildman–Crippen MR) is 134 cm³/mol. The first-order valence-corrected chi connectivity index (χ1v) is 14.8. The van der Waals surface area contributed by atoms with E-state index in [1.165, 1.54) is 70.6 Å². The van der Waals surface area contributed by atoms with Gasteiger partial charge in [-0.3, -0.25) is 0 Å². The average Bonchev–Trinajstić information content (AvgIpc) is 3.02. The zero-order chi connectivity index (χ0) is 21.0. The van der Waals surface area contributed by atoms with Gasteiger partial charge in [-0.2, -0.15) is 0 Å². The van der Waals surface area contributed by atoms with Gasteiger partial charge in [-0.25, -0.2) is 0 Å². The minimum atomic E-state index is 0.587. The summed E-state index contributed by atoms with van der Waals surface area (Å²) in [6.07, 6.45) is 16.2. The molecule has 0 saturated heterocycles. The van der Waals surface area contributed by atoms with Crippen LogP contribution in [0.2, 0.25) is 0 Å². The van der Waals surface area contributed by atoms with Gasteiger partial charge in [0, 0.05) is 9.65 Å². The summed E-state index contributed by atoms with van der Waals surface area (Å²) in [5.74, 6) is 6.72. The van der Waals surface area contributed by atoms with Gasteiger partial charge < -0.3 is 0 Å². The van der Waals surface area contributed by atoms with Crippen LogP contribution in [-0.2, 0) is 0 Å². The minimum absolute atomic E-state index is 0.587. The molecule has 0 bridgehead atoms. The second-order valence-corrected chi connectivity index (χ2v) is 14.8. The molecule has 0 aromatic carbocycles. The van der Waals surface area contributed by atoms with E-state index < -0.39 is 0 Å². The fourth-order valence-electron chi connectivity index (χ4n) is 9.26. The van der Waals surface area contributed by atoms with E-state index in [0.29, 0.717) is 20.5 Å². The van der Waals surface area contributed by atoms with E-state index in [1.807, 2.05) is 0 Å². The van der Waals surface area contributed by atoms with Crippen molar-refractivity contribution in [2.24, 2.45) is 52.3 Å². The van der Waals surface area contributed by atoms with Crippen LogP contribution in [0.5, 0.6) is 0 Å². The summed E-state index contributed by atoms with van der Waals surface area (Å²) in [7, 11) is 0. The van der Waals surface area contributed by atoms with Crippen LogP contribution in [0.3, 0.4) is 0 Å². The Hall–Kier alpha value is 0.960. The highest BCUT2D eigenvalue weighted by atomic mass is 79.9. The Bertz CT molecular complexity index is 573. The molecule has 10 atom stereocenters. The second-order valence-electron chi connectivity index (χ2n) is 12.6. The van der Waals surface area contributed by atoms with Gasteiger partial charge in [0.15, 0.2) is 0 Å². The Morgan fingerprint density at radius 2 is 1.41 bits per heavy atom. The van der Waals surface area contributed by atoms with Gasteiger partial charge in [0.25, 0.3) is 0 Å². The molecule has 0 unspecified atom stereocenters. The first-order valence-electron chi connectivity index (χ1n) is 13.0. The summed E-state index contributed by atoms with van der Waals surface area (Å²) in [4.78, 5) is 1.38. The lowest BCUT2D eigenvalue weighted by Crippen LogP contribution is -2.56. The van der Waals surface area contributed by atoms with Crippen molar-refractivity contribution < 1.29 is 0 Å². The molecule has 0 amide bonds. The highest BCUT2D eigenvalue weighted by Crippen LogP contribution is 2.69. The van der Waals surface area contributed by atoms with E-state index >= 15 is 0 Å². The molecule has 0 radical (unpaired) electrons. The molecular formula is C27H46Br2. The molecule has 0 nitrogen and oxygen atoms in total. The molecule has 0 aromatic rings. The molecule has 0 N–H and O–H groups in total. The molecule has 4 saturated carbocycles. The summed E-state index contributed by atoms with van der Waals surface area (Å²) in [5.41, 5.74) is 1.23. The number of alkyl halides is 2. The summed E-state index contributed by atoms with van der Waals surface area (Å²) in [6.45, 7) is 12.8. The molecule has 0 spiro atoms. The summed E-state index contributed by atoms with van der Waals surface area (Å²) in [6, 6.07) is 0. The van der Waals surface area contributed by atoms with Crippen LogP contribution in [0.25, 0.3) is 0 Å². The number of halogens is 2. The summed E-state index contributed by atoms with van der Waals surface area (Å²) in [5, 5.41) is 0.